The van der Waals surface area contributed by atoms with Gasteiger partial charge >= 0.3 is 0 Å². The number of hydrogen-bond donors (Lipinski definition) is 1. The summed E-state index contributed by atoms with van der Waals surface area (Å²) >= 11 is 0. The second kappa shape index (κ2) is 7.04. The van der Waals surface area contributed by atoms with Crippen LogP contribution in [0.2, 0.25) is 0 Å². The maximum absolute atomic E-state index is 13.8. The minimum atomic E-state index is -0.986. The molecule has 1 aromatic carbocycles. The van der Waals surface area contributed by atoms with Gasteiger partial charge in [-0.1, -0.05) is 13.8 Å². The molecule has 1 atom stereocenters. The first-order valence-corrected chi connectivity index (χ1v) is 7.48. The molecule has 1 aromatic rings. The quantitative estimate of drug-likeness (QED) is 0.910. The predicted octanol–water partition coefficient (Wildman–Crippen LogP) is 1.27. The van der Waals surface area contributed by atoms with Crippen LogP contribution in [0.3, 0.4) is 0 Å². The molecule has 23 heavy (non-hydrogen) atoms. The number of nitrogens with zero attached hydrogens (tertiary/aromatic N) is 2. The fourth-order valence-corrected chi connectivity index (χ4v) is 2.60. The Hall–Kier alpha value is -2.02. The molecule has 2 amide bonds. The van der Waals surface area contributed by atoms with Crippen molar-refractivity contribution in [1.29, 1.82) is 0 Å². The molecular weight excluding hydrogens is 306 g/mol. The number of benzene rings is 1. The fraction of sp³-hybridized carbons (Fsp3) is 0.500. The summed E-state index contributed by atoms with van der Waals surface area (Å²) in [6, 6.07) is 2.65. The number of aliphatic hydroxyl groups excluding tert-OH is 1. The van der Waals surface area contributed by atoms with Gasteiger partial charge in [-0.15, -0.1) is 0 Å². The van der Waals surface area contributed by atoms with E-state index in [1.54, 1.807) is 0 Å². The van der Waals surface area contributed by atoms with Crippen molar-refractivity contribution in [3.8, 4) is 0 Å². The van der Waals surface area contributed by atoms with Gasteiger partial charge in [-0.2, -0.15) is 0 Å². The number of hydrogen-bond acceptors (Lipinski definition) is 3. The van der Waals surface area contributed by atoms with Gasteiger partial charge in [0.05, 0.1) is 11.7 Å². The lowest BCUT2D eigenvalue weighted by Crippen LogP contribution is -2.40. The molecule has 1 heterocycles. The van der Waals surface area contributed by atoms with E-state index in [4.69, 9.17) is 0 Å². The van der Waals surface area contributed by atoms with Gasteiger partial charge in [0.2, 0.25) is 5.91 Å². The van der Waals surface area contributed by atoms with Crippen molar-refractivity contribution in [2.45, 2.75) is 20.0 Å². The first kappa shape index (κ1) is 17.3. The van der Waals surface area contributed by atoms with Crippen molar-refractivity contribution in [1.82, 2.24) is 9.80 Å². The van der Waals surface area contributed by atoms with Crippen molar-refractivity contribution in [3.63, 3.8) is 0 Å². The fourth-order valence-electron chi connectivity index (χ4n) is 2.60. The van der Waals surface area contributed by atoms with Crippen molar-refractivity contribution in [2.24, 2.45) is 5.92 Å². The Kier molecular flexibility index (Phi) is 5.30. The predicted molar refractivity (Wildman–Crippen MR) is 79.7 cm³/mol. The van der Waals surface area contributed by atoms with Gasteiger partial charge in [0.25, 0.3) is 5.91 Å². The minimum Gasteiger partial charge on any atom is -0.389 e. The van der Waals surface area contributed by atoms with Crippen LogP contribution in [0.15, 0.2) is 18.2 Å². The molecule has 1 aliphatic heterocycles. The standard InChI is InChI=1S/C16H20F2N2O3/c1-10(2)6-19-7-12(21)8-20(9-15(19)22)16(23)13-4-3-11(17)5-14(13)18/h3-5,10,12,21H,6-9H2,1-2H3. The van der Waals surface area contributed by atoms with Crippen molar-refractivity contribution < 1.29 is 23.5 Å². The molecule has 1 fully saturated rings. The van der Waals surface area contributed by atoms with Gasteiger partial charge in [-0.3, -0.25) is 9.59 Å². The Bertz CT molecular complexity index is 607. The lowest BCUT2D eigenvalue weighted by atomic mass is 10.1. The molecule has 0 radical (unpaired) electrons. The Balaban J connectivity index is 2.19. The number of amides is 2. The van der Waals surface area contributed by atoms with Crippen LogP contribution in [0.1, 0.15) is 24.2 Å². The average molecular weight is 326 g/mol. The third-order valence-corrected chi connectivity index (χ3v) is 3.58. The summed E-state index contributed by atoms with van der Waals surface area (Å²) in [4.78, 5) is 27.2. The maximum atomic E-state index is 13.8. The zero-order valence-corrected chi connectivity index (χ0v) is 13.1. The summed E-state index contributed by atoms with van der Waals surface area (Å²) in [7, 11) is 0. The van der Waals surface area contributed by atoms with Crippen molar-refractivity contribution in [3.05, 3.63) is 35.4 Å². The molecule has 1 unspecified atom stereocenters. The SMILES string of the molecule is CC(C)CN1CC(O)CN(C(=O)c2ccc(F)cc2F)CC1=O. The van der Waals surface area contributed by atoms with E-state index in [0.717, 1.165) is 17.0 Å². The van der Waals surface area contributed by atoms with Gasteiger partial charge in [0, 0.05) is 25.7 Å². The summed E-state index contributed by atoms with van der Waals surface area (Å²) in [6.45, 7) is 4.19. The summed E-state index contributed by atoms with van der Waals surface area (Å²) in [5.74, 6) is -2.58. The second-order valence-electron chi connectivity index (χ2n) is 6.16. The monoisotopic (exact) mass is 326 g/mol. The molecule has 2 rings (SSSR count). The van der Waals surface area contributed by atoms with Gasteiger partial charge in [-0.25, -0.2) is 8.78 Å². The summed E-state index contributed by atoms with van der Waals surface area (Å²) in [5.41, 5.74) is -0.316. The summed E-state index contributed by atoms with van der Waals surface area (Å²) < 4.78 is 26.7. The molecule has 7 heteroatoms. The van der Waals surface area contributed by atoms with Crippen LogP contribution >= 0.6 is 0 Å². The lowest BCUT2D eigenvalue weighted by molar-refractivity contribution is -0.131. The molecular formula is C16H20F2N2O3. The number of aliphatic hydroxyl groups is 1. The molecule has 126 valence electrons. The Morgan fingerprint density at radius 1 is 1.35 bits per heavy atom. The van der Waals surface area contributed by atoms with E-state index in [1.807, 2.05) is 13.8 Å². The Labute approximate surface area is 133 Å². The maximum Gasteiger partial charge on any atom is 0.257 e. The largest absolute Gasteiger partial charge is 0.389 e. The van der Waals surface area contributed by atoms with E-state index in [-0.39, 0.29) is 37.0 Å². The molecule has 5 nitrogen and oxygen atoms in total. The van der Waals surface area contributed by atoms with E-state index < -0.39 is 23.6 Å². The van der Waals surface area contributed by atoms with Crippen LogP contribution in [-0.4, -0.2) is 59.0 Å². The Morgan fingerprint density at radius 3 is 2.65 bits per heavy atom. The lowest BCUT2D eigenvalue weighted by Gasteiger charge is -2.23. The van der Waals surface area contributed by atoms with Crippen LogP contribution < -0.4 is 0 Å². The van der Waals surface area contributed by atoms with Gasteiger partial charge in [-0.05, 0) is 18.1 Å². The first-order chi connectivity index (χ1) is 10.8. The number of halogens is 2. The highest BCUT2D eigenvalue weighted by atomic mass is 19.1. The van der Waals surface area contributed by atoms with Crippen LogP contribution in [0.25, 0.3) is 0 Å². The van der Waals surface area contributed by atoms with Crippen LogP contribution in [0.4, 0.5) is 8.78 Å². The molecule has 0 spiro atoms. The van der Waals surface area contributed by atoms with Crippen molar-refractivity contribution in [2.75, 3.05) is 26.2 Å². The van der Waals surface area contributed by atoms with Crippen molar-refractivity contribution >= 4 is 11.8 Å². The smallest absolute Gasteiger partial charge is 0.257 e. The number of β-amino-alcohol motifs (C(OH)–C–C–N with tert-alkyl or cyclic N) is 1. The number of carbonyl (C=O) groups excluding carboxylic acids is 2. The summed E-state index contributed by atoms with van der Waals surface area (Å²) in [6.07, 6.45) is -0.910. The minimum absolute atomic E-state index is 0.0734. The van der Waals surface area contributed by atoms with Crippen LogP contribution in [-0.2, 0) is 4.79 Å². The van der Waals surface area contributed by atoms with E-state index >= 15 is 0 Å². The molecule has 1 aliphatic rings. The third kappa shape index (κ3) is 4.25. The molecule has 0 saturated carbocycles. The second-order valence-corrected chi connectivity index (χ2v) is 6.16. The number of rotatable bonds is 3. The molecule has 0 aromatic heterocycles. The molecule has 1 N–H and O–H groups in total. The highest BCUT2D eigenvalue weighted by Gasteiger charge is 2.31. The summed E-state index contributed by atoms with van der Waals surface area (Å²) in [5, 5.41) is 10.0. The highest BCUT2D eigenvalue weighted by molar-refractivity contribution is 5.97. The van der Waals surface area contributed by atoms with Crippen LogP contribution in [0.5, 0.6) is 0 Å². The topological polar surface area (TPSA) is 60.9 Å². The van der Waals surface area contributed by atoms with E-state index in [2.05, 4.69) is 0 Å². The molecule has 0 bridgehead atoms. The first-order valence-electron chi connectivity index (χ1n) is 7.48. The highest BCUT2D eigenvalue weighted by Crippen LogP contribution is 2.15. The third-order valence-electron chi connectivity index (χ3n) is 3.58. The van der Waals surface area contributed by atoms with Gasteiger partial charge in [0.1, 0.15) is 18.2 Å². The number of carbonyl (C=O) groups is 2. The normalized spacial score (nSPS) is 19.2. The average Bonchev–Trinajstić information content (AvgIpc) is 2.57. The zero-order valence-electron chi connectivity index (χ0n) is 13.1. The van der Waals surface area contributed by atoms with Gasteiger partial charge in [0.15, 0.2) is 0 Å². The van der Waals surface area contributed by atoms with E-state index in [0.29, 0.717) is 12.6 Å². The van der Waals surface area contributed by atoms with E-state index in [1.165, 1.54) is 4.90 Å². The molecule has 0 aliphatic carbocycles. The Morgan fingerprint density at radius 2 is 2.04 bits per heavy atom. The zero-order chi connectivity index (χ0) is 17.1. The van der Waals surface area contributed by atoms with E-state index in [9.17, 15) is 23.5 Å². The molecule has 1 saturated heterocycles. The van der Waals surface area contributed by atoms with Crippen LogP contribution in [0, 0.1) is 17.6 Å². The van der Waals surface area contributed by atoms with Gasteiger partial charge < -0.3 is 14.9 Å².